The number of carboxylic acids is 1. The van der Waals surface area contributed by atoms with Gasteiger partial charge in [-0.2, -0.15) is 13.2 Å². The third-order valence-electron chi connectivity index (χ3n) is 3.86. The summed E-state index contributed by atoms with van der Waals surface area (Å²) in [6, 6.07) is -0.687. The van der Waals surface area contributed by atoms with E-state index in [1.54, 1.807) is 12.3 Å². The Labute approximate surface area is 159 Å². The van der Waals surface area contributed by atoms with Gasteiger partial charge in [0.05, 0.1) is 10.9 Å². The number of nitrogens with two attached hydrogens (primary N) is 1. The molecule has 3 rings (SSSR count). The summed E-state index contributed by atoms with van der Waals surface area (Å²) in [5.41, 5.74) is 5.98. The molecule has 9 nitrogen and oxygen atoms in total. The van der Waals surface area contributed by atoms with Gasteiger partial charge in [0.2, 0.25) is 11.8 Å². The van der Waals surface area contributed by atoms with Gasteiger partial charge in [-0.05, 0) is 13.3 Å². The second kappa shape index (κ2) is 8.06. The van der Waals surface area contributed by atoms with Crippen LogP contribution < -0.4 is 16.6 Å². The average molecular weight is 420 g/mol. The number of imide groups is 1. The van der Waals surface area contributed by atoms with Gasteiger partial charge in [0.1, 0.15) is 11.9 Å². The first-order valence-corrected chi connectivity index (χ1v) is 8.68. The topological polar surface area (TPSA) is 144 Å². The molecule has 0 aromatic carbocycles. The van der Waals surface area contributed by atoms with E-state index in [1.807, 2.05) is 0 Å². The number of alkyl halides is 3. The molecule has 0 saturated carbocycles. The Kier molecular flexibility index (Phi) is 6.19. The van der Waals surface area contributed by atoms with Crippen LogP contribution in [0.1, 0.15) is 29.6 Å². The van der Waals surface area contributed by atoms with Crippen molar-refractivity contribution in [1.29, 1.82) is 0 Å². The Balaban J connectivity index is 0.000000345. The second-order valence-electron chi connectivity index (χ2n) is 5.73. The number of nitrogens with one attached hydrogen (secondary N) is 1. The van der Waals surface area contributed by atoms with E-state index in [4.69, 9.17) is 15.6 Å². The zero-order chi connectivity index (χ0) is 21.2. The highest BCUT2D eigenvalue weighted by Gasteiger charge is 2.38. The molecule has 1 aliphatic heterocycles. The first-order valence-electron chi connectivity index (χ1n) is 7.80. The fourth-order valence-electron chi connectivity index (χ4n) is 2.60. The van der Waals surface area contributed by atoms with Gasteiger partial charge in [-0.25, -0.2) is 9.78 Å². The fourth-order valence-corrected chi connectivity index (χ4v) is 3.43. The van der Waals surface area contributed by atoms with E-state index in [-0.39, 0.29) is 17.9 Å². The minimum atomic E-state index is -5.08. The third-order valence-corrected chi connectivity index (χ3v) is 4.86. The van der Waals surface area contributed by atoms with Gasteiger partial charge in [0, 0.05) is 23.2 Å². The highest BCUT2D eigenvalue weighted by Crippen LogP contribution is 2.24. The number of halogens is 3. The quantitative estimate of drug-likeness (QED) is 0.611. The normalized spacial score (nSPS) is 17.1. The molecule has 1 atom stereocenters. The summed E-state index contributed by atoms with van der Waals surface area (Å²) in [5.74, 6) is -3.06. The summed E-state index contributed by atoms with van der Waals surface area (Å²) in [5, 5.41) is 11.6. The largest absolute Gasteiger partial charge is 0.490 e. The average Bonchev–Trinajstić information content (AvgIpc) is 2.99. The summed E-state index contributed by atoms with van der Waals surface area (Å²) in [4.78, 5) is 50.0. The molecule has 1 aliphatic rings. The number of aliphatic carboxylic acids is 1. The van der Waals surface area contributed by atoms with Crippen molar-refractivity contribution in [2.45, 2.75) is 38.5 Å². The molecule has 28 heavy (non-hydrogen) atoms. The van der Waals surface area contributed by atoms with Crippen molar-refractivity contribution in [1.82, 2.24) is 14.9 Å². The van der Waals surface area contributed by atoms with E-state index in [0.717, 1.165) is 4.88 Å². The molecule has 4 N–H and O–H groups in total. The number of hydrogen-bond acceptors (Lipinski definition) is 7. The number of rotatable bonds is 2. The lowest BCUT2D eigenvalue weighted by Gasteiger charge is -2.24. The molecule has 152 valence electrons. The van der Waals surface area contributed by atoms with Crippen LogP contribution in [-0.4, -0.2) is 38.6 Å². The van der Waals surface area contributed by atoms with Gasteiger partial charge in [-0.3, -0.25) is 24.3 Å². The standard InChI is InChI=1S/C13H14N4O3S.C2HF3O2/c1-6-15-11-7(5-21-9(11)4-14)13(20)17(6)8-2-3-10(18)16-12(8)19;3-2(4,5)1(6)7/h5,8H,2-4,14H2,1H3,(H,16,18,19);(H,6,7). The van der Waals surface area contributed by atoms with Crippen molar-refractivity contribution in [3.8, 4) is 0 Å². The number of aromatic nitrogens is 2. The fraction of sp³-hybridized carbons (Fsp3) is 0.400. The molecule has 1 unspecified atom stereocenters. The monoisotopic (exact) mass is 420 g/mol. The molecule has 0 bridgehead atoms. The van der Waals surface area contributed by atoms with E-state index < -0.39 is 24.1 Å². The summed E-state index contributed by atoms with van der Waals surface area (Å²) < 4.78 is 33.1. The SMILES string of the molecule is Cc1nc2c(CN)scc2c(=O)n1C1CCC(=O)NC1=O.O=C(O)C(F)(F)F. The summed E-state index contributed by atoms with van der Waals surface area (Å²) >= 11 is 1.39. The first-order chi connectivity index (χ1) is 13.0. The van der Waals surface area contributed by atoms with Crippen molar-refractivity contribution in [2.24, 2.45) is 5.73 Å². The van der Waals surface area contributed by atoms with Gasteiger partial charge in [-0.15, -0.1) is 11.3 Å². The molecule has 0 radical (unpaired) electrons. The molecular weight excluding hydrogens is 405 g/mol. The van der Waals surface area contributed by atoms with Crippen LogP contribution in [0.2, 0.25) is 0 Å². The number of carboxylic acid groups (broad SMARTS) is 1. The third kappa shape index (κ3) is 4.36. The van der Waals surface area contributed by atoms with Crippen molar-refractivity contribution in [2.75, 3.05) is 0 Å². The number of nitrogens with zero attached hydrogens (tertiary/aromatic N) is 2. The number of aryl methyl sites for hydroxylation is 1. The maximum atomic E-state index is 12.6. The number of piperidine rings is 1. The maximum Gasteiger partial charge on any atom is 0.490 e. The van der Waals surface area contributed by atoms with E-state index in [0.29, 0.717) is 29.7 Å². The van der Waals surface area contributed by atoms with Crippen molar-refractivity contribution < 1.29 is 32.7 Å². The Hall–Kier alpha value is -2.80. The minimum Gasteiger partial charge on any atom is -0.475 e. The van der Waals surface area contributed by atoms with Crippen LogP contribution >= 0.6 is 11.3 Å². The highest BCUT2D eigenvalue weighted by atomic mass is 32.1. The lowest BCUT2D eigenvalue weighted by molar-refractivity contribution is -0.192. The lowest BCUT2D eigenvalue weighted by atomic mass is 10.1. The summed E-state index contributed by atoms with van der Waals surface area (Å²) in [6.45, 7) is 2.00. The number of thiophene rings is 1. The maximum absolute atomic E-state index is 12.6. The van der Waals surface area contributed by atoms with Gasteiger partial charge >= 0.3 is 12.1 Å². The lowest BCUT2D eigenvalue weighted by Crippen LogP contribution is -2.45. The van der Waals surface area contributed by atoms with Gasteiger partial charge in [0.15, 0.2) is 0 Å². The first kappa shape index (κ1) is 21.5. The van der Waals surface area contributed by atoms with Crippen LogP contribution in [-0.2, 0) is 20.9 Å². The van der Waals surface area contributed by atoms with Crippen LogP contribution in [0.3, 0.4) is 0 Å². The van der Waals surface area contributed by atoms with E-state index in [1.165, 1.54) is 15.9 Å². The van der Waals surface area contributed by atoms with Crippen molar-refractivity contribution in [3.63, 3.8) is 0 Å². The predicted molar refractivity (Wildman–Crippen MR) is 91.6 cm³/mol. The Morgan fingerprint density at radius 3 is 2.54 bits per heavy atom. The molecule has 2 aromatic rings. The molecule has 0 spiro atoms. The smallest absolute Gasteiger partial charge is 0.475 e. The predicted octanol–water partition coefficient (Wildman–Crippen LogP) is 0.836. The Bertz CT molecular complexity index is 998. The van der Waals surface area contributed by atoms with E-state index >= 15 is 0 Å². The van der Waals surface area contributed by atoms with E-state index in [2.05, 4.69) is 10.3 Å². The number of hydrogen-bond donors (Lipinski definition) is 3. The number of fused-ring (bicyclic) bond motifs is 1. The van der Waals surface area contributed by atoms with Gasteiger partial charge < -0.3 is 10.8 Å². The molecule has 1 saturated heterocycles. The van der Waals surface area contributed by atoms with Crippen LogP contribution in [0.4, 0.5) is 13.2 Å². The molecular formula is C15H15F3N4O5S. The summed E-state index contributed by atoms with van der Waals surface area (Å²) in [7, 11) is 0. The molecule has 13 heteroatoms. The zero-order valence-corrected chi connectivity index (χ0v) is 15.2. The van der Waals surface area contributed by atoms with E-state index in [9.17, 15) is 27.6 Å². The number of amides is 2. The van der Waals surface area contributed by atoms with Crippen LogP contribution in [0.5, 0.6) is 0 Å². The number of carbonyl (C=O) groups excluding carboxylic acids is 2. The molecule has 2 amide bonds. The van der Waals surface area contributed by atoms with Crippen LogP contribution in [0, 0.1) is 6.92 Å². The second-order valence-corrected chi connectivity index (χ2v) is 6.69. The zero-order valence-electron chi connectivity index (χ0n) is 14.4. The summed E-state index contributed by atoms with van der Waals surface area (Å²) in [6.07, 6.45) is -4.55. The number of carbonyl (C=O) groups is 3. The Morgan fingerprint density at radius 2 is 2.04 bits per heavy atom. The van der Waals surface area contributed by atoms with Crippen LogP contribution in [0.25, 0.3) is 10.9 Å². The molecule has 2 aromatic heterocycles. The van der Waals surface area contributed by atoms with Crippen LogP contribution in [0.15, 0.2) is 10.2 Å². The van der Waals surface area contributed by atoms with Gasteiger partial charge in [0.25, 0.3) is 5.56 Å². The highest BCUT2D eigenvalue weighted by molar-refractivity contribution is 7.11. The Morgan fingerprint density at radius 1 is 1.43 bits per heavy atom. The molecule has 0 aliphatic carbocycles. The molecule has 1 fully saturated rings. The van der Waals surface area contributed by atoms with Gasteiger partial charge in [-0.1, -0.05) is 0 Å². The van der Waals surface area contributed by atoms with Crippen molar-refractivity contribution in [3.05, 3.63) is 26.4 Å². The molecule has 3 heterocycles. The minimum absolute atomic E-state index is 0.220. The van der Waals surface area contributed by atoms with Crippen molar-refractivity contribution >= 4 is 40.0 Å².